The van der Waals surface area contributed by atoms with E-state index in [0.717, 1.165) is 0 Å². The zero-order valence-corrected chi connectivity index (χ0v) is 18.0. The van der Waals surface area contributed by atoms with Crippen molar-refractivity contribution in [2.24, 2.45) is 0 Å². The Labute approximate surface area is 174 Å². The van der Waals surface area contributed by atoms with Gasteiger partial charge in [0.05, 0.1) is 13.2 Å². The summed E-state index contributed by atoms with van der Waals surface area (Å²) < 4.78 is 55.6. The second kappa shape index (κ2) is 10.0. The number of aliphatic hydroxyl groups is 1. The van der Waals surface area contributed by atoms with Crippen LogP contribution < -0.4 is 0 Å². The van der Waals surface area contributed by atoms with E-state index >= 15 is 0 Å². The van der Waals surface area contributed by atoms with Crippen LogP contribution in [0.15, 0.2) is 0 Å². The lowest BCUT2D eigenvalue weighted by Crippen LogP contribution is -2.36. The molecule has 4 unspecified atom stereocenters. The van der Waals surface area contributed by atoms with Crippen LogP contribution in [0.1, 0.15) is 0 Å². The van der Waals surface area contributed by atoms with Crippen LogP contribution >= 0.6 is 25.8 Å². The van der Waals surface area contributed by atoms with Crippen molar-refractivity contribution in [2.45, 2.75) is 48.7 Å². The van der Waals surface area contributed by atoms with Crippen molar-refractivity contribution in [3.05, 3.63) is 0 Å². The first kappa shape index (κ1) is 25.2. The average Bonchev–Trinajstić information content (AvgIpc) is 3.00. The minimum atomic E-state index is -4.15. The van der Waals surface area contributed by atoms with Crippen LogP contribution in [0.25, 0.3) is 0 Å². The second-order valence-corrected chi connectivity index (χ2v) is 11.6. The summed E-state index contributed by atoms with van der Waals surface area (Å²) in [5.41, 5.74) is 0. The maximum absolute atomic E-state index is 14.5. The fourth-order valence-corrected chi connectivity index (χ4v) is 4.67. The number of thiol groups is 1. The van der Waals surface area contributed by atoms with E-state index in [1.165, 1.54) is 7.11 Å². The molecule has 2 rings (SSSR count). The quantitative estimate of drug-likeness (QED) is 0.188. The van der Waals surface area contributed by atoms with Gasteiger partial charge in [0.15, 0.2) is 6.17 Å². The number of methoxy groups -OCH3 is 1. The van der Waals surface area contributed by atoms with Gasteiger partial charge in [0, 0.05) is 19.1 Å². The van der Waals surface area contributed by atoms with Crippen LogP contribution in [0.4, 0.5) is 4.39 Å². The van der Waals surface area contributed by atoms with Crippen LogP contribution in [-0.4, -0.2) is 99.6 Å². The molecular formula is C11H19B2FO10P2S2. The largest absolute Gasteiger partial charge is 0.388 e. The zero-order valence-electron chi connectivity index (χ0n) is 14.5. The number of halogens is 1. The molecule has 2 aliphatic rings. The van der Waals surface area contributed by atoms with Gasteiger partial charge in [-0.3, -0.25) is 4.52 Å². The molecule has 0 saturated carbocycles. The van der Waals surface area contributed by atoms with E-state index in [1.54, 1.807) is 0 Å². The summed E-state index contributed by atoms with van der Waals surface area (Å²) >= 11 is 8.14. The number of rotatable bonds is 9. The Balaban J connectivity index is 1.90. The summed E-state index contributed by atoms with van der Waals surface area (Å²) in [6.45, 7) is -9.13. The van der Waals surface area contributed by atoms with Gasteiger partial charge in [-0.1, -0.05) is 12.2 Å². The molecule has 0 aromatic rings. The zero-order chi connectivity index (χ0) is 21.3. The third-order valence-corrected chi connectivity index (χ3v) is 6.42. The van der Waals surface area contributed by atoms with Crippen LogP contribution in [0, 0.1) is 0 Å². The predicted molar refractivity (Wildman–Crippen MR) is 103 cm³/mol. The molecule has 17 heteroatoms. The number of aliphatic hydroxyl groups excluding tert-OH is 1. The van der Waals surface area contributed by atoms with Gasteiger partial charge in [-0.05, 0) is 11.8 Å². The first-order chi connectivity index (χ1) is 12.8. The highest BCUT2D eigenvalue weighted by Crippen LogP contribution is 2.50. The number of hydrogen-bond acceptors (Lipinski definition) is 9. The highest BCUT2D eigenvalue weighted by molar-refractivity contribution is 8.44. The Morgan fingerprint density at radius 2 is 1.71 bits per heavy atom. The SMILES string of the molecule is [B][C@@H]1O[C@H](COP(O)(=S)O[C@H]2C(F)[C@@H](COP(=O)(O)S)O[C@H]2[B])C(OC)[C@@H]1O. The molecule has 3 N–H and O–H groups in total. The summed E-state index contributed by atoms with van der Waals surface area (Å²) in [5.74, 6) is 0. The number of ether oxygens (including phenoxy) is 3. The third kappa shape index (κ3) is 6.71. The van der Waals surface area contributed by atoms with E-state index in [1.807, 2.05) is 0 Å². The van der Waals surface area contributed by atoms with Crippen LogP contribution in [0.2, 0.25) is 0 Å². The lowest BCUT2D eigenvalue weighted by Gasteiger charge is -2.25. The molecule has 2 saturated heterocycles. The number of alkyl halides is 1. The molecule has 2 fully saturated rings. The Morgan fingerprint density at radius 3 is 2.29 bits per heavy atom. The second-order valence-electron chi connectivity index (χ2n) is 6.03. The monoisotopic (exact) mass is 478 g/mol. The van der Waals surface area contributed by atoms with Crippen molar-refractivity contribution in [3.8, 4) is 0 Å². The fourth-order valence-electron chi connectivity index (χ4n) is 2.71. The topological polar surface area (TPSA) is 133 Å². The number of hydrogen-bond donors (Lipinski definition) is 4. The molecule has 0 aromatic carbocycles. The predicted octanol–water partition coefficient (Wildman–Crippen LogP) is -0.847. The van der Waals surface area contributed by atoms with E-state index in [0.29, 0.717) is 0 Å². The smallest absolute Gasteiger partial charge is 0.383 e. The van der Waals surface area contributed by atoms with Crippen molar-refractivity contribution in [1.29, 1.82) is 0 Å². The maximum Gasteiger partial charge on any atom is 0.383 e. The Hall–Kier alpha value is 0.930. The van der Waals surface area contributed by atoms with E-state index in [2.05, 4.69) is 16.8 Å². The molecule has 10 nitrogen and oxygen atoms in total. The van der Waals surface area contributed by atoms with E-state index in [9.17, 15) is 19.0 Å². The van der Waals surface area contributed by atoms with Gasteiger partial charge in [0.25, 0.3) is 0 Å². The van der Waals surface area contributed by atoms with Gasteiger partial charge in [0.1, 0.15) is 46.2 Å². The first-order valence-electron chi connectivity index (χ1n) is 7.87. The first-order valence-corrected chi connectivity index (χ1v) is 13.2. The fraction of sp³-hybridized carbons (Fsp3) is 1.00. The van der Waals surface area contributed by atoms with Crippen molar-refractivity contribution < 1.29 is 51.6 Å². The van der Waals surface area contributed by atoms with Gasteiger partial charge in [-0.25, -0.2) is 8.96 Å². The van der Waals surface area contributed by atoms with Crippen LogP contribution in [0.5, 0.6) is 0 Å². The Morgan fingerprint density at radius 1 is 1.14 bits per heavy atom. The van der Waals surface area contributed by atoms with E-state index in [4.69, 9.17) is 55.7 Å². The van der Waals surface area contributed by atoms with Crippen molar-refractivity contribution in [3.63, 3.8) is 0 Å². The molecular weight excluding hydrogens is 459 g/mol. The van der Waals surface area contributed by atoms with E-state index in [-0.39, 0.29) is 6.61 Å². The van der Waals surface area contributed by atoms with Crippen LogP contribution in [0.3, 0.4) is 0 Å². The molecule has 10 atom stereocenters. The van der Waals surface area contributed by atoms with Gasteiger partial charge < -0.3 is 38.2 Å². The molecule has 0 aromatic heterocycles. The Kier molecular flexibility index (Phi) is 9.03. The molecule has 0 aliphatic carbocycles. The molecule has 158 valence electrons. The lowest BCUT2D eigenvalue weighted by molar-refractivity contribution is -0.0320. The summed E-state index contributed by atoms with van der Waals surface area (Å²) in [6.07, 6.45) is -7.58. The maximum atomic E-state index is 14.5. The molecule has 2 heterocycles. The average molecular weight is 478 g/mol. The molecule has 0 spiro atoms. The minimum absolute atomic E-state index is 0.350. The molecule has 2 aliphatic heterocycles. The Bertz CT molecular complexity index is 632. The third-order valence-electron chi connectivity index (χ3n) is 4.03. The van der Waals surface area contributed by atoms with E-state index < -0.39 is 68.8 Å². The molecule has 4 radical (unpaired) electrons. The molecule has 0 bridgehead atoms. The summed E-state index contributed by atoms with van der Waals surface area (Å²) in [6, 6.07) is -2.36. The van der Waals surface area contributed by atoms with Crippen molar-refractivity contribution >= 4 is 53.3 Å². The lowest BCUT2D eigenvalue weighted by atomic mass is 9.93. The van der Waals surface area contributed by atoms with Gasteiger partial charge >= 0.3 is 13.5 Å². The summed E-state index contributed by atoms with van der Waals surface area (Å²) in [4.78, 5) is 19.2. The molecule has 0 amide bonds. The van der Waals surface area contributed by atoms with Gasteiger partial charge in [0.2, 0.25) is 0 Å². The van der Waals surface area contributed by atoms with Crippen molar-refractivity contribution in [1.82, 2.24) is 0 Å². The summed E-state index contributed by atoms with van der Waals surface area (Å²) in [5, 5.41) is 9.81. The standard InChI is InChI=1S/C11H19B2FO10P2S2/c1-19-8-5(23-10(12)7(8)15)3-21-26(18,28)24-9-6(14)4(22-11(9)13)2-20-25(16,17)27/h4-11,15H,2-3H2,1H3,(H,18,28)(H2,16,17,27)/t4-,5-,6?,7+,8?,9+,10-,11-,26?/m1/s1. The molecule has 28 heavy (non-hydrogen) atoms. The minimum Gasteiger partial charge on any atom is -0.388 e. The highest BCUT2D eigenvalue weighted by atomic mass is 32.7. The summed E-state index contributed by atoms with van der Waals surface area (Å²) in [7, 11) is 12.5. The van der Waals surface area contributed by atoms with Crippen molar-refractivity contribution in [2.75, 3.05) is 20.3 Å². The van der Waals surface area contributed by atoms with Gasteiger partial charge in [-0.2, -0.15) is 0 Å². The normalized spacial score (nSPS) is 42.9. The van der Waals surface area contributed by atoms with Gasteiger partial charge in [-0.15, -0.1) is 0 Å². The van der Waals surface area contributed by atoms with Crippen LogP contribution in [-0.2, 0) is 44.2 Å². The highest BCUT2D eigenvalue weighted by Gasteiger charge is 2.47.